The van der Waals surface area contributed by atoms with E-state index in [2.05, 4.69) is 48.3 Å². The van der Waals surface area contributed by atoms with E-state index < -0.39 is 0 Å². The third-order valence-electron chi connectivity index (χ3n) is 5.36. The number of anilines is 2. The molecule has 5 nitrogen and oxygen atoms in total. The molecular weight excluding hydrogens is 324 g/mol. The number of aromatic nitrogens is 2. The van der Waals surface area contributed by atoms with Crippen LogP contribution < -0.4 is 10.2 Å². The van der Waals surface area contributed by atoms with Crippen molar-refractivity contribution in [3.05, 3.63) is 47.3 Å². The van der Waals surface area contributed by atoms with Crippen molar-refractivity contribution in [2.45, 2.75) is 57.5 Å². The van der Waals surface area contributed by atoms with Crippen LogP contribution in [0.1, 0.15) is 56.5 Å². The lowest BCUT2D eigenvalue weighted by Gasteiger charge is -2.40. The van der Waals surface area contributed by atoms with Gasteiger partial charge in [-0.2, -0.15) is 0 Å². The summed E-state index contributed by atoms with van der Waals surface area (Å²) in [6.07, 6.45) is 2.35. The van der Waals surface area contributed by atoms with Gasteiger partial charge in [0.1, 0.15) is 17.5 Å². The summed E-state index contributed by atoms with van der Waals surface area (Å²) in [6.45, 7) is 8.44. The number of benzene rings is 1. The molecule has 5 heteroatoms. The Morgan fingerprint density at radius 3 is 2.77 bits per heavy atom. The summed E-state index contributed by atoms with van der Waals surface area (Å²) in [6, 6.07) is 10.7. The maximum absolute atomic E-state index is 9.37. The summed E-state index contributed by atoms with van der Waals surface area (Å²) in [7, 11) is 0. The highest BCUT2D eigenvalue weighted by molar-refractivity contribution is 5.54. The molecule has 0 bridgehead atoms. The Morgan fingerprint density at radius 2 is 2.04 bits per heavy atom. The molecule has 2 N–H and O–H groups in total. The van der Waals surface area contributed by atoms with Crippen LogP contribution in [0.3, 0.4) is 0 Å². The van der Waals surface area contributed by atoms with Crippen LogP contribution in [0.2, 0.25) is 0 Å². The van der Waals surface area contributed by atoms with Gasteiger partial charge in [0, 0.05) is 36.5 Å². The SMILES string of the molecule is C[C@H](CO)Nc1cc(N2Cc3ccccc3C(C)(C)C2)nc(C2CC2)n1. The molecule has 1 aliphatic carbocycles. The number of rotatable bonds is 5. The van der Waals surface area contributed by atoms with Crippen LogP contribution in [0.25, 0.3) is 0 Å². The van der Waals surface area contributed by atoms with Gasteiger partial charge in [-0.15, -0.1) is 0 Å². The third kappa shape index (κ3) is 3.40. The van der Waals surface area contributed by atoms with Gasteiger partial charge in [0.2, 0.25) is 0 Å². The zero-order valence-electron chi connectivity index (χ0n) is 15.9. The van der Waals surface area contributed by atoms with Crippen molar-refractivity contribution in [3.63, 3.8) is 0 Å². The Morgan fingerprint density at radius 1 is 1.27 bits per heavy atom. The molecule has 1 saturated carbocycles. The van der Waals surface area contributed by atoms with Gasteiger partial charge >= 0.3 is 0 Å². The van der Waals surface area contributed by atoms with E-state index in [-0.39, 0.29) is 18.1 Å². The molecule has 2 aromatic rings. The molecule has 0 unspecified atom stereocenters. The van der Waals surface area contributed by atoms with Crippen LogP contribution in [0.15, 0.2) is 30.3 Å². The van der Waals surface area contributed by atoms with E-state index in [0.29, 0.717) is 5.92 Å². The Kier molecular flexibility index (Phi) is 4.35. The molecule has 0 saturated heterocycles. The van der Waals surface area contributed by atoms with Gasteiger partial charge < -0.3 is 15.3 Å². The fourth-order valence-electron chi connectivity index (χ4n) is 3.82. The quantitative estimate of drug-likeness (QED) is 0.863. The van der Waals surface area contributed by atoms with Crippen molar-refractivity contribution >= 4 is 11.6 Å². The summed E-state index contributed by atoms with van der Waals surface area (Å²) < 4.78 is 0. The van der Waals surface area contributed by atoms with Crippen LogP contribution in [0.5, 0.6) is 0 Å². The molecule has 4 rings (SSSR count). The van der Waals surface area contributed by atoms with E-state index in [9.17, 15) is 5.11 Å². The van der Waals surface area contributed by atoms with Crippen molar-refractivity contribution < 1.29 is 5.11 Å². The summed E-state index contributed by atoms with van der Waals surface area (Å²) in [5.41, 5.74) is 2.87. The lowest BCUT2D eigenvalue weighted by atomic mass is 9.78. The van der Waals surface area contributed by atoms with Crippen LogP contribution in [-0.2, 0) is 12.0 Å². The van der Waals surface area contributed by atoms with Crippen LogP contribution >= 0.6 is 0 Å². The Labute approximate surface area is 155 Å². The van der Waals surface area contributed by atoms with Crippen molar-refractivity contribution in [1.82, 2.24) is 9.97 Å². The fourth-order valence-corrected chi connectivity index (χ4v) is 3.82. The predicted molar refractivity (Wildman–Crippen MR) is 105 cm³/mol. The van der Waals surface area contributed by atoms with Crippen molar-refractivity contribution in [2.75, 3.05) is 23.4 Å². The number of hydrogen-bond donors (Lipinski definition) is 2. The maximum atomic E-state index is 9.37. The van der Waals surface area contributed by atoms with E-state index in [0.717, 1.165) is 30.5 Å². The first-order chi connectivity index (χ1) is 12.5. The van der Waals surface area contributed by atoms with E-state index in [1.54, 1.807) is 0 Å². The second-order valence-corrected chi connectivity index (χ2v) is 8.37. The highest BCUT2D eigenvalue weighted by atomic mass is 16.3. The molecule has 1 fully saturated rings. The smallest absolute Gasteiger partial charge is 0.136 e. The number of aliphatic hydroxyl groups excluding tert-OH is 1. The van der Waals surface area contributed by atoms with Crippen LogP contribution in [0.4, 0.5) is 11.6 Å². The average Bonchev–Trinajstić information content (AvgIpc) is 3.46. The molecule has 2 heterocycles. The van der Waals surface area contributed by atoms with Crippen molar-refractivity contribution in [3.8, 4) is 0 Å². The van der Waals surface area contributed by atoms with E-state index in [1.165, 1.54) is 24.0 Å². The van der Waals surface area contributed by atoms with Gasteiger partial charge in [0.15, 0.2) is 0 Å². The number of nitrogens with zero attached hydrogens (tertiary/aromatic N) is 3. The standard InChI is InChI=1S/C21H28N4O/c1-14(12-26)22-18-10-19(24-20(23-18)15-8-9-15)25-11-16-6-4-5-7-17(16)21(2,3)13-25/h4-7,10,14-15,26H,8-9,11-13H2,1-3H3,(H,22,23,24)/t14-/m1/s1. The monoisotopic (exact) mass is 352 g/mol. The lowest BCUT2D eigenvalue weighted by molar-refractivity contribution is 0.281. The van der Waals surface area contributed by atoms with E-state index >= 15 is 0 Å². The Hall–Kier alpha value is -2.14. The molecule has 0 amide bonds. The molecule has 1 aliphatic heterocycles. The normalized spacial score (nSPS) is 19.8. The average molecular weight is 352 g/mol. The fraction of sp³-hybridized carbons (Fsp3) is 0.524. The first-order valence-electron chi connectivity index (χ1n) is 9.56. The van der Waals surface area contributed by atoms with Crippen molar-refractivity contribution in [2.24, 2.45) is 0 Å². The van der Waals surface area contributed by atoms with Crippen LogP contribution in [-0.4, -0.2) is 34.3 Å². The van der Waals surface area contributed by atoms with Crippen molar-refractivity contribution in [1.29, 1.82) is 0 Å². The van der Waals surface area contributed by atoms with Gasteiger partial charge in [-0.25, -0.2) is 9.97 Å². The third-order valence-corrected chi connectivity index (χ3v) is 5.36. The summed E-state index contributed by atoms with van der Waals surface area (Å²) >= 11 is 0. The molecule has 1 atom stereocenters. The first-order valence-corrected chi connectivity index (χ1v) is 9.56. The largest absolute Gasteiger partial charge is 0.394 e. The first kappa shape index (κ1) is 17.3. The molecular formula is C21H28N4O. The molecule has 0 radical (unpaired) electrons. The number of fused-ring (bicyclic) bond motifs is 1. The Bertz CT molecular complexity index is 800. The second-order valence-electron chi connectivity index (χ2n) is 8.37. The molecule has 138 valence electrons. The number of hydrogen-bond acceptors (Lipinski definition) is 5. The summed E-state index contributed by atoms with van der Waals surface area (Å²) in [5.74, 6) is 3.23. The molecule has 26 heavy (non-hydrogen) atoms. The summed E-state index contributed by atoms with van der Waals surface area (Å²) in [5, 5.41) is 12.7. The topological polar surface area (TPSA) is 61.3 Å². The van der Waals surface area contributed by atoms with Crippen LogP contribution in [0, 0.1) is 0 Å². The lowest BCUT2D eigenvalue weighted by Crippen LogP contribution is -2.42. The second kappa shape index (κ2) is 6.54. The molecule has 1 aromatic carbocycles. The Balaban J connectivity index is 1.69. The predicted octanol–water partition coefficient (Wildman–Crippen LogP) is 3.44. The van der Waals surface area contributed by atoms with E-state index in [1.807, 2.05) is 13.0 Å². The van der Waals surface area contributed by atoms with Gasteiger partial charge in [0.25, 0.3) is 0 Å². The number of aliphatic hydroxyl groups is 1. The minimum Gasteiger partial charge on any atom is -0.394 e. The highest BCUT2D eigenvalue weighted by Gasteiger charge is 2.33. The van der Waals surface area contributed by atoms with E-state index in [4.69, 9.17) is 9.97 Å². The molecule has 1 aromatic heterocycles. The van der Waals surface area contributed by atoms with Gasteiger partial charge in [-0.05, 0) is 30.9 Å². The minimum atomic E-state index is -0.0247. The molecule has 0 spiro atoms. The van der Waals surface area contributed by atoms with Gasteiger partial charge in [0.05, 0.1) is 6.61 Å². The van der Waals surface area contributed by atoms with Gasteiger partial charge in [-0.1, -0.05) is 38.1 Å². The summed E-state index contributed by atoms with van der Waals surface area (Å²) in [4.78, 5) is 12.0. The highest BCUT2D eigenvalue weighted by Crippen LogP contribution is 2.40. The zero-order chi connectivity index (χ0) is 18.3. The minimum absolute atomic E-state index is 0.0247. The van der Waals surface area contributed by atoms with Gasteiger partial charge in [-0.3, -0.25) is 0 Å². The number of nitrogens with one attached hydrogen (secondary N) is 1. The maximum Gasteiger partial charge on any atom is 0.136 e. The molecule has 2 aliphatic rings. The zero-order valence-corrected chi connectivity index (χ0v) is 15.9.